The number of aliphatic hydroxyl groups is 1. The SMILES string of the molecule is COCc1cc(C(=O)NC(CC(C)C)CN2CC(O)C2)ccc1F. The molecule has 1 unspecified atom stereocenters. The Hall–Kier alpha value is -1.50. The minimum Gasteiger partial charge on any atom is -0.390 e. The summed E-state index contributed by atoms with van der Waals surface area (Å²) in [6.45, 7) is 6.37. The number of likely N-dealkylation sites (tertiary alicyclic amines) is 1. The number of rotatable bonds is 8. The average Bonchev–Trinajstić information content (AvgIpc) is 2.47. The molecule has 6 heteroatoms. The van der Waals surface area contributed by atoms with E-state index in [9.17, 15) is 14.3 Å². The molecule has 5 nitrogen and oxygen atoms in total. The van der Waals surface area contributed by atoms with E-state index in [0.29, 0.717) is 36.7 Å². The van der Waals surface area contributed by atoms with Gasteiger partial charge >= 0.3 is 0 Å². The molecule has 0 bridgehead atoms. The highest BCUT2D eigenvalue weighted by Crippen LogP contribution is 2.15. The van der Waals surface area contributed by atoms with Crippen molar-refractivity contribution in [3.8, 4) is 0 Å². The van der Waals surface area contributed by atoms with Gasteiger partial charge in [-0.2, -0.15) is 0 Å². The van der Waals surface area contributed by atoms with Crippen LogP contribution in [0, 0.1) is 11.7 Å². The van der Waals surface area contributed by atoms with Crippen molar-refractivity contribution in [3.63, 3.8) is 0 Å². The molecule has 1 aromatic carbocycles. The lowest BCUT2D eigenvalue weighted by Gasteiger charge is -2.38. The number of β-amino-alcohol motifs (C(OH)–C–C–N with tert-alkyl or cyclic N) is 1. The summed E-state index contributed by atoms with van der Waals surface area (Å²) in [5.74, 6) is -0.139. The summed E-state index contributed by atoms with van der Waals surface area (Å²) in [6, 6.07) is 4.32. The first-order valence-corrected chi connectivity index (χ1v) is 8.37. The Morgan fingerprint density at radius 1 is 1.46 bits per heavy atom. The first-order valence-electron chi connectivity index (χ1n) is 8.37. The number of ether oxygens (including phenoxy) is 1. The van der Waals surface area contributed by atoms with Gasteiger partial charge in [0, 0.05) is 43.9 Å². The number of hydrogen-bond acceptors (Lipinski definition) is 4. The zero-order valence-electron chi connectivity index (χ0n) is 14.6. The molecule has 0 spiro atoms. The van der Waals surface area contributed by atoms with Gasteiger partial charge in [-0.1, -0.05) is 13.8 Å². The third kappa shape index (κ3) is 5.26. The number of carbonyl (C=O) groups excluding carboxylic acids is 1. The molecule has 1 fully saturated rings. The summed E-state index contributed by atoms with van der Waals surface area (Å²) in [5, 5.41) is 12.4. The van der Waals surface area contributed by atoms with E-state index in [1.54, 1.807) is 0 Å². The molecule has 1 saturated heterocycles. The molecule has 134 valence electrons. The molecule has 1 heterocycles. The number of hydrogen-bond donors (Lipinski definition) is 2. The molecule has 1 aliphatic heterocycles. The van der Waals surface area contributed by atoms with Crippen molar-refractivity contribution in [1.82, 2.24) is 10.2 Å². The molecule has 0 aromatic heterocycles. The van der Waals surface area contributed by atoms with Gasteiger partial charge in [0.15, 0.2) is 0 Å². The summed E-state index contributed by atoms with van der Waals surface area (Å²) < 4.78 is 18.6. The summed E-state index contributed by atoms with van der Waals surface area (Å²) in [6.07, 6.45) is 0.596. The molecular weight excluding hydrogens is 311 g/mol. The van der Waals surface area contributed by atoms with E-state index in [2.05, 4.69) is 24.1 Å². The summed E-state index contributed by atoms with van der Waals surface area (Å²) >= 11 is 0. The minimum absolute atomic E-state index is 0.000859. The molecule has 1 aliphatic rings. The quantitative estimate of drug-likeness (QED) is 0.759. The van der Waals surface area contributed by atoms with Crippen molar-refractivity contribution in [1.29, 1.82) is 0 Å². The topological polar surface area (TPSA) is 61.8 Å². The number of aliphatic hydroxyl groups excluding tert-OH is 1. The Balaban J connectivity index is 2.01. The maximum absolute atomic E-state index is 13.7. The average molecular weight is 338 g/mol. The second kappa shape index (κ2) is 8.55. The van der Waals surface area contributed by atoms with Gasteiger partial charge in [-0.05, 0) is 30.5 Å². The van der Waals surface area contributed by atoms with Crippen LogP contribution in [-0.4, -0.2) is 54.8 Å². The monoisotopic (exact) mass is 338 g/mol. The highest BCUT2D eigenvalue weighted by molar-refractivity contribution is 5.94. The van der Waals surface area contributed by atoms with Crippen LogP contribution in [0.2, 0.25) is 0 Å². The van der Waals surface area contributed by atoms with Crippen LogP contribution in [0.5, 0.6) is 0 Å². The Labute approximate surface area is 142 Å². The van der Waals surface area contributed by atoms with E-state index >= 15 is 0 Å². The van der Waals surface area contributed by atoms with Crippen molar-refractivity contribution >= 4 is 5.91 Å². The second-order valence-corrected chi connectivity index (χ2v) is 6.91. The van der Waals surface area contributed by atoms with Gasteiger partial charge in [-0.15, -0.1) is 0 Å². The van der Waals surface area contributed by atoms with Crippen LogP contribution in [-0.2, 0) is 11.3 Å². The van der Waals surface area contributed by atoms with Gasteiger partial charge in [0.1, 0.15) is 5.82 Å². The van der Waals surface area contributed by atoms with Crippen molar-refractivity contribution in [2.75, 3.05) is 26.7 Å². The molecule has 0 saturated carbocycles. The van der Waals surface area contributed by atoms with Crippen LogP contribution >= 0.6 is 0 Å². The lowest BCUT2D eigenvalue weighted by atomic mass is 10.0. The lowest BCUT2D eigenvalue weighted by molar-refractivity contribution is -0.00369. The molecule has 0 radical (unpaired) electrons. The van der Waals surface area contributed by atoms with Crippen molar-refractivity contribution in [3.05, 3.63) is 35.1 Å². The molecule has 1 aromatic rings. The molecule has 2 N–H and O–H groups in total. The Morgan fingerprint density at radius 3 is 2.75 bits per heavy atom. The van der Waals surface area contributed by atoms with E-state index in [-0.39, 0.29) is 30.5 Å². The van der Waals surface area contributed by atoms with E-state index in [0.717, 1.165) is 6.42 Å². The van der Waals surface area contributed by atoms with E-state index in [1.807, 2.05) is 0 Å². The summed E-state index contributed by atoms with van der Waals surface area (Å²) in [7, 11) is 1.49. The van der Waals surface area contributed by atoms with Gasteiger partial charge in [0.25, 0.3) is 5.91 Å². The van der Waals surface area contributed by atoms with Crippen LogP contribution in [0.1, 0.15) is 36.2 Å². The number of nitrogens with one attached hydrogen (secondary N) is 1. The first kappa shape index (κ1) is 18.8. The van der Waals surface area contributed by atoms with Crippen LogP contribution in [0.15, 0.2) is 18.2 Å². The first-order chi connectivity index (χ1) is 11.4. The number of halogens is 1. The van der Waals surface area contributed by atoms with E-state index in [1.165, 1.54) is 25.3 Å². The predicted octanol–water partition coefficient (Wildman–Crippen LogP) is 1.79. The van der Waals surface area contributed by atoms with Gasteiger partial charge in [-0.3, -0.25) is 9.69 Å². The molecule has 24 heavy (non-hydrogen) atoms. The third-order valence-corrected chi connectivity index (χ3v) is 4.12. The Bertz CT molecular complexity index is 559. The summed E-state index contributed by atoms with van der Waals surface area (Å²) in [5.41, 5.74) is 0.803. The predicted molar refractivity (Wildman–Crippen MR) is 90.3 cm³/mol. The zero-order chi connectivity index (χ0) is 17.7. The standard InChI is InChI=1S/C18H27FN2O3/c1-12(2)6-15(8-21-9-16(22)10-21)20-18(23)13-4-5-17(19)14(7-13)11-24-3/h4-5,7,12,15-16,22H,6,8-11H2,1-3H3,(H,20,23). The zero-order valence-corrected chi connectivity index (χ0v) is 14.6. The summed E-state index contributed by atoms with van der Waals surface area (Å²) in [4.78, 5) is 14.6. The second-order valence-electron chi connectivity index (χ2n) is 6.91. The number of amides is 1. The smallest absolute Gasteiger partial charge is 0.251 e. The number of methoxy groups -OCH3 is 1. The van der Waals surface area contributed by atoms with Gasteiger partial charge in [0.2, 0.25) is 0 Å². The van der Waals surface area contributed by atoms with E-state index < -0.39 is 0 Å². The van der Waals surface area contributed by atoms with Crippen molar-refractivity contribution in [2.24, 2.45) is 5.92 Å². The Kier molecular flexibility index (Phi) is 6.71. The fraction of sp³-hybridized carbons (Fsp3) is 0.611. The molecule has 0 aliphatic carbocycles. The van der Waals surface area contributed by atoms with Crippen molar-refractivity contribution in [2.45, 2.75) is 39.0 Å². The lowest BCUT2D eigenvalue weighted by Crippen LogP contribution is -2.55. The van der Waals surface area contributed by atoms with Crippen LogP contribution in [0.4, 0.5) is 4.39 Å². The number of benzene rings is 1. The number of nitrogens with zero attached hydrogens (tertiary/aromatic N) is 1. The van der Waals surface area contributed by atoms with Crippen LogP contribution < -0.4 is 5.32 Å². The fourth-order valence-electron chi connectivity index (χ4n) is 3.00. The molecule has 2 rings (SSSR count). The maximum atomic E-state index is 13.7. The highest BCUT2D eigenvalue weighted by Gasteiger charge is 2.27. The van der Waals surface area contributed by atoms with Crippen LogP contribution in [0.3, 0.4) is 0 Å². The maximum Gasteiger partial charge on any atom is 0.251 e. The van der Waals surface area contributed by atoms with Crippen LogP contribution in [0.25, 0.3) is 0 Å². The van der Waals surface area contributed by atoms with Crippen molar-refractivity contribution < 1.29 is 19.0 Å². The van der Waals surface area contributed by atoms with Gasteiger partial charge in [-0.25, -0.2) is 4.39 Å². The third-order valence-electron chi connectivity index (χ3n) is 4.12. The minimum atomic E-state index is -0.373. The fourth-order valence-corrected chi connectivity index (χ4v) is 3.00. The highest BCUT2D eigenvalue weighted by atomic mass is 19.1. The van der Waals surface area contributed by atoms with E-state index in [4.69, 9.17) is 4.74 Å². The Morgan fingerprint density at radius 2 is 2.17 bits per heavy atom. The molecule has 1 atom stereocenters. The molecule has 1 amide bonds. The van der Waals surface area contributed by atoms with Gasteiger partial charge in [0.05, 0.1) is 12.7 Å². The van der Waals surface area contributed by atoms with Gasteiger partial charge < -0.3 is 15.2 Å². The number of carbonyl (C=O) groups is 1. The largest absolute Gasteiger partial charge is 0.390 e. The normalized spacial score (nSPS) is 16.9. The molecular formula is C18H27FN2O3.